The summed E-state index contributed by atoms with van der Waals surface area (Å²) < 4.78 is 5.62. The predicted molar refractivity (Wildman–Crippen MR) is 60.5 cm³/mol. The smallest absolute Gasteiger partial charge is 0.0696 e. The van der Waals surface area contributed by atoms with Gasteiger partial charge in [-0.05, 0) is 39.2 Å². The van der Waals surface area contributed by atoms with Gasteiger partial charge in [0, 0.05) is 13.2 Å². The van der Waals surface area contributed by atoms with Crippen LogP contribution in [0.4, 0.5) is 0 Å². The number of rotatable bonds is 6. The number of likely N-dealkylation sites (N-methyl/N-ethyl adjacent to an activating group) is 1. The van der Waals surface area contributed by atoms with E-state index in [4.69, 9.17) is 4.74 Å². The molecule has 0 aromatic heterocycles. The van der Waals surface area contributed by atoms with E-state index >= 15 is 0 Å². The monoisotopic (exact) mass is 197 g/mol. The lowest BCUT2D eigenvalue weighted by molar-refractivity contribution is -0.0813. The maximum Gasteiger partial charge on any atom is 0.0696 e. The van der Waals surface area contributed by atoms with Crippen LogP contribution in [0.15, 0.2) is 12.2 Å². The van der Waals surface area contributed by atoms with Gasteiger partial charge in [0.1, 0.15) is 0 Å². The third-order valence-corrected chi connectivity index (χ3v) is 3.32. The Balaban J connectivity index is 2.49. The van der Waals surface area contributed by atoms with E-state index in [9.17, 15) is 0 Å². The van der Waals surface area contributed by atoms with E-state index in [2.05, 4.69) is 25.7 Å². The van der Waals surface area contributed by atoms with Crippen molar-refractivity contribution in [1.82, 2.24) is 5.32 Å². The van der Waals surface area contributed by atoms with Gasteiger partial charge in [0.15, 0.2) is 0 Å². The normalized spacial score (nSPS) is 21.4. The minimum Gasteiger partial charge on any atom is -0.378 e. The van der Waals surface area contributed by atoms with Gasteiger partial charge < -0.3 is 10.1 Å². The quantitative estimate of drug-likeness (QED) is 0.661. The van der Waals surface area contributed by atoms with Crippen molar-refractivity contribution in [2.24, 2.45) is 0 Å². The van der Waals surface area contributed by atoms with Crippen LogP contribution in [0.3, 0.4) is 0 Å². The topological polar surface area (TPSA) is 21.3 Å². The molecule has 1 rings (SSSR count). The lowest BCUT2D eigenvalue weighted by Gasteiger charge is -2.43. The van der Waals surface area contributed by atoms with Crippen molar-refractivity contribution >= 4 is 0 Å². The van der Waals surface area contributed by atoms with Crippen molar-refractivity contribution < 1.29 is 4.74 Å². The molecule has 0 spiro atoms. The van der Waals surface area contributed by atoms with Crippen LogP contribution >= 0.6 is 0 Å². The molecule has 14 heavy (non-hydrogen) atoms. The average Bonchev–Trinajstić information content (AvgIpc) is 2.09. The molecule has 0 aromatic rings. The molecule has 0 radical (unpaired) electrons. The maximum absolute atomic E-state index is 5.62. The van der Waals surface area contributed by atoms with Gasteiger partial charge >= 0.3 is 0 Å². The van der Waals surface area contributed by atoms with E-state index in [1.54, 1.807) is 0 Å². The lowest BCUT2D eigenvalue weighted by atomic mass is 9.75. The van der Waals surface area contributed by atoms with Crippen LogP contribution < -0.4 is 5.32 Å². The lowest BCUT2D eigenvalue weighted by Crippen LogP contribution is -2.46. The molecule has 1 saturated carbocycles. The molecular formula is C12H23NO. The van der Waals surface area contributed by atoms with Crippen molar-refractivity contribution in [3.63, 3.8) is 0 Å². The van der Waals surface area contributed by atoms with Crippen LogP contribution in [-0.2, 0) is 4.74 Å². The Hall–Kier alpha value is -0.340. The average molecular weight is 197 g/mol. The summed E-state index contributed by atoms with van der Waals surface area (Å²) in [6.07, 6.45) is 4.80. The van der Waals surface area contributed by atoms with Crippen molar-refractivity contribution in [3.05, 3.63) is 12.2 Å². The Morgan fingerprint density at radius 3 is 2.50 bits per heavy atom. The molecule has 0 aliphatic heterocycles. The SMILES string of the molecule is C=C(C)C(CC1(OC)CCC1)NCC. The summed E-state index contributed by atoms with van der Waals surface area (Å²) in [5.41, 5.74) is 1.36. The first-order valence-corrected chi connectivity index (χ1v) is 5.57. The highest BCUT2D eigenvalue weighted by Crippen LogP contribution is 2.39. The van der Waals surface area contributed by atoms with E-state index in [1.165, 1.54) is 24.8 Å². The second-order valence-electron chi connectivity index (χ2n) is 4.40. The minimum atomic E-state index is 0.145. The van der Waals surface area contributed by atoms with E-state index in [0.717, 1.165) is 13.0 Å². The van der Waals surface area contributed by atoms with E-state index in [1.807, 2.05) is 7.11 Å². The molecule has 2 heteroatoms. The van der Waals surface area contributed by atoms with Crippen LogP contribution in [0.25, 0.3) is 0 Å². The summed E-state index contributed by atoms with van der Waals surface area (Å²) in [4.78, 5) is 0. The second-order valence-corrected chi connectivity index (χ2v) is 4.40. The third kappa shape index (κ3) is 2.58. The van der Waals surface area contributed by atoms with E-state index in [-0.39, 0.29) is 5.60 Å². The first-order valence-electron chi connectivity index (χ1n) is 5.57. The second kappa shape index (κ2) is 4.94. The van der Waals surface area contributed by atoms with Gasteiger partial charge in [0.05, 0.1) is 5.60 Å². The molecular weight excluding hydrogens is 174 g/mol. The molecule has 82 valence electrons. The van der Waals surface area contributed by atoms with Gasteiger partial charge in [0.2, 0.25) is 0 Å². The third-order valence-electron chi connectivity index (χ3n) is 3.32. The summed E-state index contributed by atoms with van der Waals surface area (Å²) in [6.45, 7) is 9.26. The van der Waals surface area contributed by atoms with Crippen LogP contribution in [0.5, 0.6) is 0 Å². The molecule has 1 aliphatic carbocycles. The first kappa shape index (κ1) is 11.7. The fraction of sp³-hybridized carbons (Fsp3) is 0.833. The summed E-state index contributed by atoms with van der Waals surface area (Å²) in [5.74, 6) is 0. The highest BCUT2D eigenvalue weighted by molar-refractivity contribution is 5.06. The molecule has 1 atom stereocenters. The molecule has 0 heterocycles. The van der Waals surface area contributed by atoms with E-state index in [0.29, 0.717) is 6.04 Å². The Kier molecular flexibility index (Phi) is 4.14. The van der Waals surface area contributed by atoms with Crippen LogP contribution in [0.2, 0.25) is 0 Å². The molecule has 0 bridgehead atoms. The molecule has 1 unspecified atom stereocenters. The van der Waals surface area contributed by atoms with Crippen LogP contribution in [-0.4, -0.2) is 25.3 Å². The van der Waals surface area contributed by atoms with Gasteiger partial charge in [-0.25, -0.2) is 0 Å². The highest BCUT2D eigenvalue weighted by Gasteiger charge is 2.38. The first-order chi connectivity index (χ1) is 6.63. The molecule has 1 aliphatic rings. The van der Waals surface area contributed by atoms with Crippen molar-refractivity contribution in [1.29, 1.82) is 0 Å². The standard InChI is InChI=1S/C12H23NO/c1-5-13-11(10(2)3)9-12(14-4)7-6-8-12/h11,13H,2,5-9H2,1,3-4H3. The Labute approximate surface area is 87.7 Å². The molecule has 2 nitrogen and oxygen atoms in total. The number of hydrogen-bond acceptors (Lipinski definition) is 2. The van der Waals surface area contributed by atoms with Gasteiger partial charge in [-0.1, -0.05) is 19.1 Å². The zero-order chi connectivity index (χ0) is 10.6. The van der Waals surface area contributed by atoms with Crippen molar-refractivity contribution in [2.75, 3.05) is 13.7 Å². The van der Waals surface area contributed by atoms with Crippen LogP contribution in [0, 0.1) is 0 Å². The number of ether oxygens (including phenoxy) is 1. The number of nitrogens with one attached hydrogen (secondary N) is 1. The Bertz CT molecular complexity index is 191. The Morgan fingerprint density at radius 1 is 1.57 bits per heavy atom. The van der Waals surface area contributed by atoms with E-state index < -0.39 is 0 Å². The fourth-order valence-electron chi connectivity index (χ4n) is 2.10. The zero-order valence-electron chi connectivity index (χ0n) is 9.73. The van der Waals surface area contributed by atoms with Crippen molar-refractivity contribution in [3.8, 4) is 0 Å². The van der Waals surface area contributed by atoms with Crippen molar-refractivity contribution in [2.45, 2.75) is 51.2 Å². The minimum absolute atomic E-state index is 0.145. The Morgan fingerprint density at radius 2 is 2.21 bits per heavy atom. The largest absolute Gasteiger partial charge is 0.378 e. The molecule has 1 N–H and O–H groups in total. The van der Waals surface area contributed by atoms with Crippen LogP contribution in [0.1, 0.15) is 39.5 Å². The summed E-state index contributed by atoms with van der Waals surface area (Å²) in [7, 11) is 1.83. The molecule has 0 amide bonds. The summed E-state index contributed by atoms with van der Waals surface area (Å²) >= 11 is 0. The zero-order valence-corrected chi connectivity index (χ0v) is 9.73. The molecule has 1 fully saturated rings. The number of methoxy groups -OCH3 is 1. The van der Waals surface area contributed by atoms with Gasteiger partial charge in [-0.3, -0.25) is 0 Å². The molecule has 0 saturated heterocycles. The fourth-order valence-corrected chi connectivity index (χ4v) is 2.10. The predicted octanol–water partition coefficient (Wildman–Crippen LogP) is 2.50. The highest BCUT2D eigenvalue weighted by atomic mass is 16.5. The van der Waals surface area contributed by atoms with Gasteiger partial charge in [0.25, 0.3) is 0 Å². The van der Waals surface area contributed by atoms with Gasteiger partial charge in [-0.2, -0.15) is 0 Å². The maximum atomic E-state index is 5.62. The number of hydrogen-bond donors (Lipinski definition) is 1. The summed E-state index contributed by atoms with van der Waals surface area (Å²) in [6, 6.07) is 0.417. The summed E-state index contributed by atoms with van der Waals surface area (Å²) in [5, 5.41) is 3.46. The van der Waals surface area contributed by atoms with Gasteiger partial charge in [-0.15, -0.1) is 0 Å². The molecule has 0 aromatic carbocycles.